The molecule has 0 aliphatic carbocycles. The first-order valence-corrected chi connectivity index (χ1v) is 16.5. The summed E-state index contributed by atoms with van der Waals surface area (Å²) in [6.07, 6.45) is -1.63. The number of alkyl halides is 3. The number of hydrogen-bond acceptors (Lipinski definition) is 10. The first kappa shape index (κ1) is 36.8. The van der Waals surface area contributed by atoms with E-state index in [1.165, 1.54) is 9.40 Å². The molecular weight excluding hydrogens is 640 g/mol. The SMILES string of the molecule is CC(C)C[C@H](CS)NC(=O)[C@H](N)CCCCN.O=C(O)C(F)(F)F.c1ccc2sc(Sc3nc4ccccc4s3)nc2c1. The standard InChI is InChI=1S/C14H8N2S3.C12H27N3OS.C2HF3O2/c1-3-7-11-9(5-1)15-13(17-11)19-14-16-10-6-2-4-8-12(10)18-14;1-9(2)7-10(8-17)15-12(16)11(14)5-3-4-6-13;3-2(4,5)1(6)7/h1-8H;9-11,17H,3-8,13-14H2,1-2H3,(H,15,16);(H,6,7)/t;10-,11-;/m.1./s1. The van der Waals surface area contributed by atoms with Crippen molar-refractivity contribution in [3.05, 3.63) is 48.5 Å². The van der Waals surface area contributed by atoms with E-state index in [1.807, 2.05) is 36.4 Å². The number of nitrogens with two attached hydrogens (primary N) is 2. The Morgan fingerprint density at radius 2 is 1.49 bits per heavy atom. The van der Waals surface area contributed by atoms with Crippen molar-refractivity contribution >= 4 is 79.4 Å². The number of fused-ring (bicyclic) bond motifs is 2. The maximum atomic E-state index is 11.8. The van der Waals surface area contributed by atoms with Crippen LogP contribution in [0.4, 0.5) is 13.2 Å². The van der Waals surface area contributed by atoms with Crippen molar-refractivity contribution in [2.75, 3.05) is 12.3 Å². The predicted molar refractivity (Wildman–Crippen MR) is 173 cm³/mol. The first-order valence-electron chi connectivity index (χ1n) is 13.4. The number of thiazole rings is 2. The van der Waals surface area contributed by atoms with Gasteiger partial charge in [-0.2, -0.15) is 25.8 Å². The summed E-state index contributed by atoms with van der Waals surface area (Å²) in [4.78, 5) is 29.9. The molecule has 2 aromatic heterocycles. The third-order valence-electron chi connectivity index (χ3n) is 5.59. The number of benzene rings is 2. The zero-order valence-corrected chi connectivity index (χ0v) is 27.1. The Morgan fingerprint density at radius 3 is 1.88 bits per heavy atom. The monoisotopic (exact) mass is 675 g/mol. The van der Waals surface area contributed by atoms with Gasteiger partial charge in [0, 0.05) is 11.8 Å². The van der Waals surface area contributed by atoms with E-state index in [0.29, 0.717) is 24.6 Å². The molecule has 1 amide bonds. The van der Waals surface area contributed by atoms with E-state index in [4.69, 9.17) is 21.4 Å². The average Bonchev–Trinajstić information content (AvgIpc) is 3.55. The molecule has 0 fully saturated rings. The number of nitrogens with zero attached hydrogens (tertiary/aromatic N) is 2. The van der Waals surface area contributed by atoms with Crippen LogP contribution in [0.2, 0.25) is 0 Å². The van der Waals surface area contributed by atoms with Gasteiger partial charge in [0.25, 0.3) is 0 Å². The van der Waals surface area contributed by atoms with Crippen LogP contribution in [0, 0.1) is 5.92 Å². The summed E-state index contributed by atoms with van der Waals surface area (Å²) < 4.78 is 36.3. The predicted octanol–water partition coefficient (Wildman–Crippen LogP) is 6.59. The third kappa shape index (κ3) is 13.4. The van der Waals surface area contributed by atoms with E-state index >= 15 is 0 Å². The van der Waals surface area contributed by atoms with Crippen molar-refractivity contribution in [3.8, 4) is 0 Å². The number of carboxylic acid groups (broad SMARTS) is 1. The summed E-state index contributed by atoms with van der Waals surface area (Å²) >= 11 is 9.34. The Morgan fingerprint density at radius 1 is 1.00 bits per heavy atom. The molecule has 4 aromatic rings. The Hall–Kier alpha value is -2.43. The van der Waals surface area contributed by atoms with Crippen LogP contribution in [-0.2, 0) is 9.59 Å². The van der Waals surface area contributed by atoms with Gasteiger partial charge >= 0.3 is 12.1 Å². The topological polar surface area (TPSA) is 144 Å². The van der Waals surface area contributed by atoms with E-state index in [0.717, 1.165) is 39.0 Å². The van der Waals surface area contributed by atoms with Crippen molar-refractivity contribution in [1.82, 2.24) is 15.3 Å². The van der Waals surface area contributed by atoms with Gasteiger partial charge in [-0.3, -0.25) is 4.79 Å². The second-order valence-electron chi connectivity index (χ2n) is 9.71. The molecule has 15 heteroatoms. The summed E-state index contributed by atoms with van der Waals surface area (Å²) in [5.74, 6) is -1.63. The third-order valence-corrected chi connectivity index (χ3v) is 9.23. The number of carbonyl (C=O) groups excluding carboxylic acids is 1. The van der Waals surface area contributed by atoms with Gasteiger partial charge in [-0.1, -0.05) is 44.5 Å². The van der Waals surface area contributed by atoms with Gasteiger partial charge < -0.3 is 21.9 Å². The van der Waals surface area contributed by atoms with Crippen molar-refractivity contribution in [3.63, 3.8) is 0 Å². The van der Waals surface area contributed by atoms with E-state index in [9.17, 15) is 18.0 Å². The Bertz CT molecular complexity index is 1290. The molecule has 0 saturated heterocycles. The van der Waals surface area contributed by atoms with Crippen LogP contribution in [0.15, 0.2) is 57.2 Å². The number of aromatic nitrogens is 2. The lowest BCUT2D eigenvalue weighted by Crippen LogP contribution is -2.46. The van der Waals surface area contributed by atoms with Gasteiger partial charge in [0.15, 0.2) is 8.68 Å². The van der Waals surface area contributed by atoms with Crippen LogP contribution in [-0.4, -0.2) is 57.5 Å². The number of carboxylic acids is 1. The van der Waals surface area contributed by atoms with Gasteiger partial charge in [-0.25, -0.2) is 14.8 Å². The largest absolute Gasteiger partial charge is 0.490 e. The minimum absolute atomic E-state index is 0.0679. The number of halogens is 3. The molecule has 43 heavy (non-hydrogen) atoms. The Labute approximate surface area is 266 Å². The maximum absolute atomic E-state index is 11.8. The van der Waals surface area contributed by atoms with Gasteiger partial charge in [0.2, 0.25) is 5.91 Å². The summed E-state index contributed by atoms with van der Waals surface area (Å²) in [6.45, 7) is 4.91. The highest BCUT2D eigenvalue weighted by atomic mass is 32.2. The normalized spacial score (nSPS) is 12.7. The zero-order valence-electron chi connectivity index (χ0n) is 23.7. The molecule has 0 aliphatic heterocycles. The Balaban J connectivity index is 0.000000249. The van der Waals surface area contributed by atoms with Crippen LogP contribution < -0.4 is 16.8 Å². The number of rotatable bonds is 11. The minimum atomic E-state index is -5.08. The second kappa shape index (κ2) is 18.4. The maximum Gasteiger partial charge on any atom is 0.490 e. The molecule has 2 aromatic carbocycles. The quantitative estimate of drug-likeness (QED) is 0.0885. The fourth-order valence-corrected chi connectivity index (χ4v) is 7.14. The van der Waals surface area contributed by atoms with Crippen LogP contribution in [0.1, 0.15) is 39.5 Å². The van der Waals surface area contributed by atoms with E-state index in [1.54, 1.807) is 34.4 Å². The summed E-state index contributed by atoms with van der Waals surface area (Å²) in [5, 5.41) is 10.1. The summed E-state index contributed by atoms with van der Waals surface area (Å²) in [6, 6.07) is 16.2. The number of unbranched alkanes of at least 4 members (excludes halogenated alkanes) is 1. The lowest BCUT2D eigenvalue weighted by atomic mass is 10.0. The van der Waals surface area contributed by atoms with Gasteiger partial charge in [0.05, 0.1) is 26.5 Å². The number of hydrogen-bond donors (Lipinski definition) is 5. The molecule has 0 bridgehead atoms. The highest BCUT2D eigenvalue weighted by molar-refractivity contribution is 8.02. The number of aliphatic carboxylic acids is 1. The number of carbonyl (C=O) groups is 2. The fourth-order valence-electron chi connectivity index (χ4n) is 3.56. The molecule has 0 spiro atoms. The fraction of sp³-hybridized carbons (Fsp3) is 0.429. The Kier molecular flexibility index (Phi) is 15.7. The zero-order chi connectivity index (χ0) is 32.0. The number of para-hydroxylation sites is 2. The van der Waals surface area contributed by atoms with Crippen LogP contribution in [0.3, 0.4) is 0 Å². The molecule has 0 unspecified atom stereocenters. The van der Waals surface area contributed by atoms with Crippen molar-refractivity contribution < 1.29 is 27.9 Å². The molecule has 236 valence electrons. The lowest BCUT2D eigenvalue weighted by Gasteiger charge is -2.21. The summed E-state index contributed by atoms with van der Waals surface area (Å²) in [5.41, 5.74) is 13.3. The number of amides is 1. The molecular formula is C28H36F3N5O3S4. The molecule has 8 nitrogen and oxygen atoms in total. The molecule has 0 saturated carbocycles. The first-order chi connectivity index (χ1) is 20.3. The van der Waals surface area contributed by atoms with Crippen LogP contribution >= 0.6 is 47.1 Å². The van der Waals surface area contributed by atoms with Crippen molar-refractivity contribution in [1.29, 1.82) is 0 Å². The van der Waals surface area contributed by atoms with E-state index in [2.05, 4.69) is 53.9 Å². The van der Waals surface area contributed by atoms with Crippen LogP contribution in [0.5, 0.6) is 0 Å². The van der Waals surface area contributed by atoms with E-state index in [-0.39, 0.29) is 11.9 Å². The van der Waals surface area contributed by atoms with Gasteiger partial charge in [-0.15, -0.1) is 22.7 Å². The lowest BCUT2D eigenvalue weighted by molar-refractivity contribution is -0.192. The highest BCUT2D eigenvalue weighted by Gasteiger charge is 2.38. The molecule has 2 heterocycles. The smallest absolute Gasteiger partial charge is 0.475 e. The molecule has 6 N–H and O–H groups in total. The molecule has 2 atom stereocenters. The molecule has 0 aliphatic rings. The highest BCUT2D eigenvalue weighted by Crippen LogP contribution is 2.37. The average molecular weight is 676 g/mol. The minimum Gasteiger partial charge on any atom is -0.475 e. The summed E-state index contributed by atoms with van der Waals surface area (Å²) in [7, 11) is 0. The van der Waals surface area contributed by atoms with Crippen LogP contribution in [0.25, 0.3) is 20.4 Å². The van der Waals surface area contributed by atoms with Gasteiger partial charge in [0.1, 0.15) is 0 Å². The molecule has 0 radical (unpaired) electrons. The van der Waals surface area contributed by atoms with E-state index < -0.39 is 18.2 Å². The number of nitrogens with one attached hydrogen (secondary N) is 1. The van der Waals surface area contributed by atoms with Gasteiger partial charge in [-0.05, 0) is 67.8 Å². The van der Waals surface area contributed by atoms with Crippen molar-refractivity contribution in [2.24, 2.45) is 17.4 Å². The second-order valence-corrected chi connectivity index (χ2v) is 13.6. The number of thiol groups is 1. The van der Waals surface area contributed by atoms with Crippen molar-refractivity contribution in [2.45, 2.75) is 66.5 Å². The molecule has 4 rings (SSSR count).